The van der Waals surface area contributed by atoms with E-state index in [-0.39, 0.29) is 16.2 Å². The maximum absolute atomic E-state index is 12.8. The molecular weight excluding hydrogens is 289 g/mol. The van der Waals surface area contributed by atoms with E-state index in [4.69, 9.17) is 17.9 Å². The molecule has 0 aliphatic carbocycles. The summed E-state index contributed by atoms with van der Waals surface area (Å²) in [4.78, 5) is 3.28. The molecule has 0 bridgehead atoms. The molecule has 8 heteroatoms. The minimum absolute atomic E-state index is 0.0518. The highest BCUT2D eigenvalue weighted by molar-refractivity contribution is 7.58. The summed E-state index contributed by atoms with van der Waals surface area (Å²) < 4.78 is 39.9. The second-order valence-corrected chi connectivity index (χ2v) is 4.50. The van der Waals surface area contributed by atoms with Gasteiger partial charge >= 0.3 is 6.18 Å². The predicted molar refractivity (Wildman–Crippen MR) is 66.5 cm³/mol. The maximum Gasteiger partial charge on any atom is 0.433 e. The zero-order chi connectivity index (χ0) is 15.1. The van der Waals surface area contributed by atoms with E-state index in [0.717, 1.165) is 6.07 Å². The Morgan fingerprint density at radius 3 is 2.45 bits per heavy atom. The van der Waals surface area contributed by atoms with Crippen LogP contribution in [0.4, 0.5) is 13.2 Å². The third kappa shape index (κ3) is 2.32. The Kier molecular flexibility index (Phi) is 3.39. The van der Waals surface area contributed by atoms with Gasteiger partial charge in [-0.15, -0.1) is 0 Å². The fourth-order valence-corrected chi connectivity index (χ4v) is 2.00. The number of alkyl halides is 3. The Labute approximate surface area is 118 Å². The van der Waals surface area contributed by atoms with Crippen LogP contribution in [0.2, 0.25) is 0 Å². The van der Waals surface area contributed by atoms with E-state index >= 15 is 0 Å². The minimum Gasteiger partial charge on any atom is -0.759 e. The van der Waals surface area contributed by atoms with Crippen molar-refractivity contribution >= 4 is 12.6 Å². The highest BCUT2D eigenvalue weighted by atomic mass is 32.1. The smallest absolute Gasteiger partial charge is 0.433 e. The average molecular weight is 297 g/mol. The van der Waals surface area contributed by atoms with Gasteiger partial charge in [0.2, 0.25) is 0 Å². The topological polar surface area (TPSA) is 54.5 Å². The lowest BCUT2D eigenvalue weighted by Gasteiger charge is -2.16. The number of nitrogens with zero attached hydrogens (tertiary/aromatic N) is 4. The quantitative estimate of drug-likeness (QED) is 0.759. The second kappa shape index (κ2) is 4.76. The number of aryl methyl sites for hydroxylation is 1. The van der Waals surface area contributed by atoms with Gasteiger partial charge in [0.15, 0.2) is 0 Å². The lowest BCUT2D eigenvalue weighted by atomic mass is 10.0. The van der Waals surface area contributed by atoms with Crippen LogP contribution in [0.5, 0.6) is 0 Å². The van der Waals surface area contributed by atoms with Crippen molar-refractivity contribution in [3.05, 3.63) is 29.2 Å². The summed E-state index contributed by atoms with van der Waals surface area (Å²) in [5.74, 6) is 0. The fourth-order valence-electron chi connectivity index (χ4n) is 1.75. The zero-order valence-corrected chi connectivity index (χ0v) is 11.3. The van der Waals surface area contributed by atoms with Crippen LogP contribution in [0, 0.1) is 18.3 Å². The van der Waals surface area contributed by atoms with Gasteiger partial charge in [-0.05, 0) is 13.0 Å². The van der Waals surface area contributed by atoms with Crippen molar-refractivity contribution in [1.29, 1.82) is 5.26 Å². The summed E-state index contributed by atoms with van der Waals surface area (Å²) in [5, 5.41) is 12.7. The number of rotatable bonds is 1. The molecule has 0 aliphatic rings. The van der Waals surface area contributed by atoms with Crippen molar-refractivity contribution in [3.63, 3.8) is 0 Å². The number of nitriles is 1. The van der Waals surface area contributed by atoms with E-state index in [2.05, 4.69) is 10.1 Å². The monoisotopic (exact) mass is 297 g/mol. The van der Waals surface area contributed by atoms with Crippen LogP contribution in [-0.2, 0) is 25.9 Å². The van der Waals surface area contributed by atoms with Crippen LogP contribution < -0.4 is 0 Å². The van der Waals surface area contributed by atoms with Gasteiger partial charge in [0.25, 0.3) is 0 Å². The molecule has 0 fully saturated rings. The summed E-state index contributed by atoms with van der Waals surface area (Å²) in [7, 11) is 1.66. The Bertz CT molecular complexity index is 713. The highest BCUT2D eigenvalue weighted by Gasteiger charge is 2.33. The Morgan fingerprint density at radius 1 is 1.35 bits per heavy atom. The molecular formula is C12H8F3N4S-. The van der Waals surface area contributed by atoms with Crippen molar-refractivity contribution in [3.8, 4) is 17.2 Å². The Balaban J connectivity index is 2.77. The van der Waals surface area contributed by atoms with Crippen molar-refractivity contribution in [1.82, 2.24) is 14.8 Å². The molecule has 20 heavy (non-hydrogen) atoms. The van der Waals surface area contributed by atoms with Gasteiger partial charge in [0.1, 0.15) is 5.69 Å². The van der Waals surface area contributed by atoms with Gasteiger partial charge in [0.05, 0.1) is 17.8 Å². The molecule has 2 rings (SSSR count). The van der Waals surface area contributed by atoms with Crippen LogP contribution in [0.3, 0.4) is 0 Å². The zero-order valence-electron chi connectivity index (χ0n) is 10.5. The first kappa shape index (κ1) is 14.3. The fraction of sp³-hybridized carbons (Fsp3) is 0.250. The first-order valence-corrected chi connectivity index (χ1v) is 5.85. The molecule has 0 amide bonds. The van der Waals surface area contributed by atoms with Gasteiger partial charge in [0, 0.05) is 23.9 Å². The number of halogens is 3. The van der Waals surface area contributed by atoms with Crippen LogP contribution in [0.15, 0.2) is 17.3 Å². The molecule has 4 nitrogen and oxygen atoms in total. The van der Waals surface area contributed by atoms with E-state index in [1.807, 2.05) is 0 Å². The number of hydrogen-bond donors (Lipinski definition) is 0. The van der Waals surface area contributed by atoms with E-state index in [1.54, 1.807) is 20.0 Å². The van der Waals surface area contributed by atoms with Crippen molar-refractivity contribution in [2.45, 2.75) is 18.1 Å². The molecule has 0 atom stereocenters. The first-order chi connectivity index (χ1) is 9.25. The maximum atomic E-state index is 12.8. The van der Waals surface area contributed by atoms with Crippen molar-refractivity contribution in [2.75, 3.05) is 0 Å². The third-order valence-corrected chi connectivity index (χ3v) is 3.21. The normalized spacial score (nSPS) is 11.4. The van der Waals surface area contributed by atoms with Crippen LogP contribution >= 0.6 is 0 Å². The third-order valence-electron chi connectivity index (χ3n) is 2.91. The highest BCUT2D eigenvalue weighted by Crippen LogP contribution is 2.34. The van der Waals surface area contributed by atoms with E-state index in [9.17, 15) is 13.2 Å². The van der Waals surface area contributed by atoms with Gasteiger partial charge in [-0.3, -0.25) is 9.67 Å². The molecule has 0 radical (unpaired) electrons. The molecule has 2 aromatic heterocycles. The standard InChI is InChI=1S/C12H9F3N4S/c1-6-9(5-17-19(6)2)7-3-10(12(13,14)15)18-11(20)8(7)4-16/h3,5H,1-2H3,(H,18,20)/p-1. The van der Waals surface area contributed by atoms with Crippen molar-refractivity contribution < 1.29 is 13.2 Å². The molecule has 0 aromatic carbocycles. The molecule has 104 valence electrons. The molecule has 0 aliphatic heterocycles. The first-order valence-electron chi connectivity index (χ1n) is 5.44. The summed E-state index contributed by atoms with van der Waals surface area (Å²) in [6.45, 7) is 1.69. The lowest BCUT2D eigenvalue weighted by Crippen LogP contribution is -2.10. The largest absolute Gasteiger partial charge is 0.759 e. The Hall–Kier alpha value is -2.14. The average Bonchev–Trinajstić information content (AvgIpc) is 2.68. The Morgan fingerprint density at radius 2 is 2.00 bits per heavy atom. The number of aromatic nitrogens is 3. The lowest BCUT2D eigenvalue weighted by molar-refractivity contribution is -0.141. The van der Waals surface area contributed by atoms with Crippen LogP contribution in [-0.4, -0.2) is 14.8 Å². The van der Waals surface area contributed by atoms with Gasteiger partial charge in [-0.25, -0.2) is 0 Å². The van der Waals surface area contributed by atoms with Crippen molar-refractivity contribution in [2.24, 2.45) is 7.05 Å². The molecule has 0 N–H and O–H groups in total. The predicted octanol–water partition coefficient (Wildman–Crippen LogP) is 2.59. The summed E-state index contributed by atoms with van der Waals surface area (Å²) >= 11 is 4.78. The molecule has 0 saturated heterocycles. The molecule has 0 saturated carbocycles. The SMILES string of the molecule is Cc1c(-c2cc(C(F)(F)F)nc([S-])c2C#N)cnn1C. The number of pyridine rings is 1. The minimum atomic E-state index is -4.62. The van der Waals surface area contributed by atoms with Gasteiger partial charge < -0.3 is 12.6 Å². The molecule has 0 spiro atoms. The molecule has 2 heterocycles. The van der Waals surface area contributed by atoms with Gasteiger partial charge in [-0.2, -0.15) is 23.5 Å². The number of hydrogen-bond acceptors (Lipinski definition) is 4. The summed E-state index contributed by atoms with van der Waals surface area (Å²) in [6, 6.07) is 2.64. The molecule has 0 unspecified atom stereocenters. The summed E-state index contributed by atoms with van der Waals surface area (Å²) in [5.41, 5.74) is 0.00699. The van der Waals surface area contributed by atoms with Crippen LogP contribution in [0.25, 0.3) is 11.1 Å². The van der Waals surface area contributed by atoms with E-state index in [1.165, 1.54) is 10.9 Å². The van der Waals surface area contributed by atoms with E-state index < -0.39 is 11.9 Å². The second-order valence-electron chi connectivity index (χ2n) is 4.11. The summed E-state index contributed by atoms with van der Waals surface area (Å²) in [6.07, 6.45) is -3.22. The van der Waals surface area contributed by atoms with Gasteiger partial charge in [-0.1, -0.05) is 5.03 Å². The van der Waals surface area contributed by atoms with E-state index in [0.29, 0.717) is 11.3 Å². The molecule has 2 aromatic rings. The van der Waals surface area contributed by atoms with Crippen LogP contribution in [0.1, 0.15) is 17.0 Å².